The lowest BCUT2D eigenvalue weighted by atomic mass is 9.98. The van der Waals surface area contributed by atoms with Gasteiger partial charge in [-0.15, -0.1) is 0 Å². The van der Waals surface area contributed by atoms with E-state index in [1.54, 1.807) is 0 Å². The van der Waals surface area contributed by atoms with Gasteiger partial charge in [0.25, 0.3) is 0 Å². The second kappa shape index (κ2) is 10.3. The predicted octanol–water partition coefficient (Wildman–Crippen LogP) is 4.92. The molecule has 190 valence electrons. The summed E-state index contributed by atoms with van der Waals surface area (Å²) in [5.74, 6) is 1.65. The maximum absolute atomic E-state index is 11.1. The molecule has 1 aromatic heterocycles. The number of carbonyl (C=O) groups is 1. The van der Waals surface area contributed by atoms with Crippen molar-refractivity contribution < 1.29 is 19.1 Å². The van der Waals surface area contributed by atoms with Crippen molar-refractivity contribution in [2.24, 2.45) is 0 Å². The molecule has 1 fully saturated rings. The van der Waals surface area contributed by atoms with Gasteiger partial charge in [0.05, 0.1) is 18.7 Å². The summed E-state index contributed by atoms with van der Waals surface area (Å²) in [5.41, 5.74) is 5.48. The summed E-state index contributed by atoms with van der Waals surface area (Å²) in [6.45, 7) is 4.59. The number of ether oxygens (including phenoxy) is 1. The topological polar surface area (TPSA) is 79.0 Å². The van der Waals surface area contributed by atoms with Gasteiger partial charge in [0.1, 0.15) is 11.5 Å². The molecule has 0 saturated carbocycles. The average Bonchev–Trinajstić information content (AvgIpc) is 3.58. The van der Waals surface area contributed by atoms with Crippen LogP contribution in [0.25, 0.3) is 11.5 Å². The Kier molecular flexibility index (Phi) is 7.01. The zero-order chi connectivity index (χ0) is 25.2. The van der Waals surface area contributed by atoms with Gasteiger partial charge in [-0.2, -0.15) is 0 Å². The van der Waals surface area contributed by atoms with E-state index >= 15 is 0 Å². The third kappa shape index (κ3) is 5.26. The van der Waals surface area contributed by atoms with E-state index in [1.165, 1.54) is 17.7 Å². The largest absolute Gasteiger partial charge is 0.493 e. The van der Waals surface area contributed by atoms with Crippen molar-refractivity contribution >= 4 is 11.7 Å². The minimum absolute atomic E-state index is 0.113. The molecule has 1 N–H and O–H groups in total. The molecule has 7 heteroatoms. The van der Waals surface area contributed by atoms with E-state index in [0.29, 0.717) is 25.0 Å². The third-order valence-corrected chi connectivity index (χ3v) is 7.61. The van der Waals surface area contributed by atoms with Gasteiger partial charge in [-0.25, -0.2) is 4.98 Å². The van der Waals surface area contributed by atoms with Crippen LogP contribution in [0.1, 0.15) is 47.8 Å². The number of rotatable bonds is 9. The fourth-order valence-corrected chi connectivity index (χ4v) is 5.46. The van der Waals surface area contributed by atoms with Crippen LogP contribution in [-0.4, -0.2) is 60.8 Å². The van der Waals surface area contributed by atoms with Gasteiger partial charge in [0.15, 0.2) is 0 Å². The molecule has 0 radical (unpaired) electrons. The minimum Gasteiger partial charge on any atom is -0.493 e. The van der Waals surface area contributed by atoms with Crippen molar-refractivity contribution in [2.45, 2.75) is 51.0 Å². The van der Waals surface area contributed by atoms with Crippen LogP contribution in [0.2, 0.25) is 0 Å². The SMILES string of the molecule is Cc1oc(-c2ccc(N3CC[C@H](N(C)C)C3)cc2)nc1CCOc1ccc2c(c1)CC[C@H]2CC(=O)O. The number of aliphatic carboxylic acids is 1. The first-order valence-corrected chi connectivity index (χ1v) is 12.8. The Morgan fingerprint density at radius 2 is 2.00 bits per heavy atom. The highest BCUT2D eigenvalue weighted by molar-refractivity contribution is 5.68. The molecule has 2 heterocycles. The van der Waals surface area contributed by atoms with Gasteiger partial charge in [-0.3, -0.25) is 4.79 Å². The Labute approximate surface area is 212 Å². The molecule has 1 aliphatic carbocycles. The zero-order valence-electron chi connectivity index (χ0n) is 21.4. The van der Waals surface area contributed by atoms with Gasteiger partial charge < -0.3 is 24.1 Å². The van der Waals surface area contributed by atoms with E-state index in [9.17, 15) is 4.79 Å². The summed E-state index contributed by atoms with van der Waals surface area (Å²) in [4.78, 5) is 20.6. The molecule has 2 atom stereocenters. The quantitative estimate of drug-likeness (QED) is 0.457. The number of fused-ring (bicyclic) bond motifs is 1. The Hall–Kier alpha value is -3.32. The first-order valence-electron chi connectivity index (χ1n) is 12.8. The maximum atomic E-state index is 11.1. The lowest BCUT2D eigenvalue weighted by molar-refractivity contribution is -0.137. The number of likely N-dealkylation sites (N-methyl/N-ethyl adjacent to an activating group) is 1. The fraction of sp³-hybridized carbons (Fsp3) is 0.448. The summed E-state index contributed by atoms with van der Waals surface area (Å²) in [5, 5.41) is 9.12. The van der Waals surface area contributed by atoms with Crippen LogP contribution >= 0.6 is 0 Å². The number of aryl methyl sites for hydroxylation is 2. The highest BCUT2D eigenvalue weighted by Crippen LogP contribution is 2.37. The second-order valence-electron chi connectivity index (χ2n) is 10.2. The molecule has 0 unspecified atom stereocenters. The van der Waals surface area contributed by atoms with Crippen LogP contribution in [-0.2, 0) is 17.6 Å². The highest BCUT2D eigenvalue weighted by Gasteiger charge is 2.25. The molecule has 2 aromatic carbocycles. The molecule has 7 nitrogen and oxygen atoms in total. The zero-order valence-corrected chi connectivity index (χ0v) is 21.4. The third-order valence-electron chi connectivity index (χ3n) is 7.61. The summed E-state index contributed by atoms with van der Waals surface area (Å²) in [7, 11) is 4.30. The Bertz CT molecular complexity index is 1220. The maximum Gasteiger partial charge on any atom is 0.303 e. The first-order chi connectivity index (χ1) is 17.4. The van der Waals surface area contributed by atoms with Gasteiger partial charge in [-0.1, -0.05) is 6.07 Å². The lowest BCUT2D eigenvalue weighted by Crippen LogP contribution is -2.31. The molecule has 3 aromatic rings. The molecule has 0 amide bonds. The molecule has 2 aliphatic rings. The van der Waals surface area contributed by atoms with Crippen LogP contribution in [0, 0.1) is 6.92 Å². The Morgan fingerprint density at radius 3 is 2.72 bits per heavy atom. The molecule has 0 spiro atoms. The van der Waals surface area contributed by atoms with Gasteiger partial charge >= 0.3 is 5.97 Å². The van der Waals surface area contributed by atoms with Gasteiger partial charge in [0.2, 0.25) is 5.89 Å². The number of hydrogen-bond acceptors (Lipinski definition) is 6. The van der Waals surface area contributed by atoms with Crippen LogP contribution in [0.4, 0.5) is 5.69 Å². The van der Waals surface area contributed by atoms with Crippen LogP contribution in [0.15, 0.2) is 46.9 Å². The summed E-state index contributed by atoms with van der Waals surface area (Å²) >= 11 is 0. The molecule has 36 heavy (non-hydrogen) atoms. The number of carboxylic acids is 1. The van der Waals surface area contributed by atoms with Crippen molar-refractivity contribution in [3.63, 3.8) is 0 Å². The van der Waals surface area contributed by atoms with Crippen molar-refractivity contribution in [1.29, 1.82) is 0 Å². The number of nitrogens with zero attached hydrogens (tertiary/aromatic N) is 3. The predicted molar refractivity (Wildman–Crippen MR) is 140 cm³/mol. The summed E-state index contributed by atoms with van der Waals surface area (Å²) < 4.78 is 12.0. The van der Waals surface area contributed by atoms with Gasteiger partial charge in [-0.05, 0) is 93.7 Å². The molecule has 0 bridgehead atoms. The Balaban J connectivity index is 1.17. The van der Waals surface area contributed by atoms with E-state index in [4.69, 9.17) is 19.2 Å². The number of oxazole rings is 1. The number of aromatic nitrogens is 1. The average molecular weight is 490 g/mol. The van der Waals surface area contributed by atoms with E-state index < -0.39 is 5.97 Å². The van der Waals surface area contributed by atoms with Crippen LogP contribution in [0.3, 0.4) is 0 Å². The van der Waals surface area contributed by atoms with Crippen molar-refractivity contribution in [1.82, 2.24) is 9.88 Å². The number of benzene rings is 2. The minimum atomic E-state index is -0.740. The second-order valence-corrected chi connectivity index (χ2v) is 10.2. The normalized spacial score (nSPS) is 19.2. The first kappa shape index (κ1) is 24.4. The standard InChI is InChI=1S/C29H35N3O4/c1-19-27(13-15-35-25-10-11-26-21(16-25)4-5-22(26)17-28(33)34)30-29(36-19)20-6-8-23(9-7-20)32-14-12-24(18-32)31(2)3/h6-11,16,22,24H,4-5,12-15,17-18H2,1-3H3,(H,33,34)/t22-,24-/m0/s1. The van der Waals surface area contributed by atoms with Crippen LogP contribution < -0.4 is 9.64 Å². The van der Waals surface area contributed by atoms with Crippen molar-refractivity contribution in [3.05, 3.63) is 65.0 Å². The van der Waals surface area contributed by atoms with E-state index in [1.807, 2.05) is 19.1 Å². The molecule has 5 rings (SSSR count). The monoisotopic (exact) mass is 489 g/mol. The summed E-state index contributed by atoms with van der Waals surface area (Å²) in [6.07, 6.45) is 3.84. The van der Waals surface area contributed by atoms with E-state index in [2.05, 4.69) is 54.2 Å². The highest BCUT2D eigenvalue weighted by atomic mass is 16.5. The number of anilines is 1. The van der Waals surface area contributed by atoms with E-state index in [-0.39, 0.29) is 12.3 Å². The molecular formula is C29H35N3O4. The smallest absolute Gasteiger partial charge is 0.303 e. The fourth-order valence-electron chi connectivity index (χ4n) is 5.46. The van der Waals surface area contributed by atoms with Gasteiger partial charge in [0, 0.05) is 36.8 Å². The molecule has 1 saturated heterocycles. The van der Waals surface area contributed by atoms with Crippen LogP contribution in [0.5, 0.6) is 5.75 Å². The lowest BCUT2D eigenvalue weighted by Gasteiger charge is -2.21. The summed E-state index contributed by atoms with van der Waals surface area (Å²) in [6, 6.07) is 15.1. The number of carboxylic acid groups (broad SMARTS) is 1. The van der Waals surface area contributed by atoms with Crippen molar-refractivity contribution in [3.8, 4) is 17.2 Å². The van der Waals surface area contributed by atoms with Crippen molar-refractivity contribution in [2.75, 3.05) is 38.7 Å². The Morgan fingerprint density at radius 1 is 1.19 bits per heavy atom. The van der Waals surface area contributed by atoms with E-state index in [0.717, 1.165) is 54.3 Å². The molecular weight excluding hydrogens is 454 g/mol. The number of hydrogen-bond donors (Lipinski definition) is 1. The molecule has 1 aliphatic heterocycles.